The molecule has 0 bridgehead atoms. The highest BCUT2D eigenvalue weighted by molar-refractivity contribution is 7.98. The Morgan fingerprint density at radius 1 is 1.26 bits per heavy atom. The summed E-state index contributed by atoms with van der Waals surface area (Å²) in [4.78, 5) is 12.2. The standard InChI is InChI=1S/C18H19N7OS/c1-12-4-5-13(11-21-12)26-9-8-20-18-14(19-2)6-7-15(23-18)22-16-10-17(27-3)25-24-16/h4-7,10-11H,8-9H2,1,3H3,(H3,20,22,23,24,25). The molecule has 8 nitrogen and oxygen atoms in total. The number of aryl methyl sites for hydroxylation is 1. The van der Waals surface area contributed by atoms with Crippen LogP contribution in [0.25, 0.3) is 4.85 Å². The summed E-state index contributed by atoms with van der Waals surface area (Å²) in [6.45, 7) is 10.2. The molecule has 0 atom stereocenters. The molecule has 3 N–H and O–H groups in total. The number of rotatable bonds is 8. The molecule has 138 valence electrons. The van der Waals surface area contributed by atoms with E-state index in [1.165, 1.54) is 0 Å². The molecular weight excluding hydrogens is 362 g/mol. The van der Waals surface area contributed by atoms with Crippen molar-refractivity contribution in [1.82, 2.24) is 20.2 Å². The lowest BCUT2D eigenvalue weighted by Gasteiger charge is -2.11. The quantitative estimate of drug-likeness (QED) is 0.308. The molecule has 0 saturated carbocycles. The minimum Gasteiger partial charge on any atom is -0.490 e. The zero-order valence-corrected chi connectivity index (χ0v) is 15.8. The van der Waals surface area contributed by atoms with Crippen LogP contribution in [0.4, 0.5) is 23.1 Å². The summed E-state index contributed by atoms with van der Waals surface area (Å²) in [5.41, 5.74) is 1.39. The molecule has 0 radical (unpaired) electrons. The van der Waals surface area contributed by atoms with Gasteiger partial charge in [-0.1, -0.05) is 0 Å². The van der Waals surface area contributed by atoms with Crippen molar-refractivity contribution in [3.8, 4) is 5.75 Å². The van der Waals surface area contributed by atoms with Crippen LogP contribution in [0.2, 0.25) is 0 Å². The zero-order chi connectivity index (χ0) is 19.1. The molecule has 0 unspecified atom stereocenters. The van der Waals surface area contributed by atoms with Gasteiger partial charge in [-0.3, -0.25) is 10.1 Å². The Labute approximate surface area is 161 Å². The average Bonchev–Trinajstić information content (AvgIpc) is 3.14. The van der Waals surface area contributed by atoms with Gasteiger partial charge >= 0.3 is 0 Å². The Morgan fingerprint density at radius 2 is 2.15 bits per heavy atom. The van der Waals surface area contributed by atoms with Crippen LogP contribution in [-0.4, -0.2) is 39.6 Å². The van der Waals surface area contributed by atoms with Gasteiger partial charge in [-0.05, 0) is 37.4 Å². The van der Waals surface area contributed by atoms with Gasteiger partial charge in [-0.15, -0.1) is 11.8 Å². The molecule has 3 rings (SSSR count). The number of hydrogen-bond acceptors (Lipinski definition) is 7. The van der Waals surface area contributed by atoms with Crippen LogP contribution in [0.1, 0.15) is 5.69 Å². The fraction of sp³-hybridized carbons (Fsp3) is 0.222. The van der Waals surface area contributed by atoms with Crippen molar-refractivity contribution in [2.24, 2.45) is 0 Å². The van der Waals surface area contributed by atoms with E-state index in [1.54, 1.807) is 30.1 Å². The number of ether oxygens (including phenoxy) is 1. The molecule has 3 aromatic rings. The van der Waals surface area contributed by atoms with E-state index in [0.717, 1.165) is 10.7 Å². The monoisotopic (exact) mass is 381 g/mol. The maximum Gasteiger partial charge on any atom is 0.228 e. The molecule has 0 aromatic carbocycles. The van der Waals surface area contributed by atoms with Crippen molar-refractivity contribution >= 4 is 34.9 Å². The van der Waals surface area contributed by atoms with E-state index in [1.807, 2.05) is 31.4 Å². The highest BCUT2D eigenvalue weighted by atomic mass is 32.2. The van der Waals surface area contributed by atoms with Crippen molar-refractivity contribution in [1.29, 1.82) is 0 Å². The second-order valence-corrected chi connectivity index (χ2v) is 6.38. The number of nitrogens with one attached hydrogen (secondary N) is 3. The van der Waals surface area contributed by atoms with E-state index in [9.17, 15) is 0 Å². The number of aromatic nitrogens is 4. The summed E-state index contributed by atoms with van der Waals surface area (Å²) >= 11 is 1.57. The van der Waals surface area contributed by atoms with E-state index < -0.39 is 0 Å². The van der Waals surface area contributed by atoms with Crippen LogP contribution >= 0.6 is 11.8 Å². The van der Waals surface area contributed by atoms with Gasteiger partial charge in [0.25, 0.3) is 0 Å². The molecule has 0 aliphatic rings. The summed E-state index contributed by atoms with van der Waals surface area (Å²) in [6.07, 6.45) is 3.66. The number of hydrogen-bond donors (Lipinski definition) is 3. The highest BCUT2D eigenvalue weighted by Gasteiger charge is 2.07. The average molecular weight is 381 g/mol. The number of pyridine rings is 2. The minimum absolute atomic E-state index is 0.429. The SMILES string of the molecule is [C-]#[N+]c1ccc(Nc2cc(SC)[nH]n2)nc1NCCOc1ccc(C)nc1. The van der Waals surface area contributed by atoms with E-state index in [2.05, 4.69) is 35.6 Å². The molecule has 9 heteroatoms. The second-order valence-electron chi connectivity index (χ2n) is 5.53. The number of nitrogens with zero attached hydrogens (tertiary/aromatic N) is 4. The lowest BCUT2D eigenvalue weighted by Crippen LogP contribution is -2.13. The van der Waals surface area contributed by atoms with Gasteiger partial charge in [0.1, 0.15) is 24.0 Å². The van der Waals surface area contributed by atoms with Crippen molar-refractivity contribution in [3.63, 3.8) is 0 Å². The predicted octanol–water partition coefficient (Wildman–Crippen LogP) is 4.02. The van der Waals surface area contributed by atoms with Crippen LogP contribution in [0, 0.1) is 13.5 Å². The van der Waals surface area contributed by atoms with Crippen LogP contribution in [0.15, 0.2) is 41.6 Å². The van der Waals surface area contributed by atoms with Gasteiger partial charge in [0.05, 0.1) is 17.8 Å². The van der Waals surface area contributed by atoms with Crippen molar-refractivity contribution < 1.29 is 4.74 Å². The molecule has 0 aliphatic heterocycles. The first-order valence-corrected chi connectivity index (χ1v) is 9.44. The molecule has 0 fully saturated rings. The third-order valence-corrected chi connectivity index (χ3v) is 4.22. The molecule has 0 aliphatic carbocycles. The Morgan fingerprint density at radius 3 is 2.85 bits per heavy atom. The molecule has 27 heavy (non-hydrogen) atoms. The molecular formula is C18H19N7OS. The summed E-state index contributed by atoms with van der Waals surface area (Å²) in [6, 6.07) is 9.14. The normalized spacial score (nSPS) is 10.3. The topological polar surface area (TPSA) is 92.1 Å². The van der Waals surface area contributed by atoms with Gasteiger partial charge in [0.15, 0.2) is 5.82 Å². The van der Waals surface area contributed by atoms with E-state index in [0.29, 0.717) is 42.0 Å². The fourth-order valence-electron chi connectivity index (χ4n) is 2.22. The van der Waals surface area contributed by atoms with Gasteiger partial charge in [0, 0.05) is 18.3 Å². The third-order valence-electron chi connectivity index (χ3n) is 3.57. The van der Waals surface area contributed by atoms with Crippen molar-refractivity contribution in [3.05, 3.63) is 53.6 Å². The summed E-state index contributed by atoms with van der Waals surface area (Å²) in [7, 11) is 0. The first kappa shape index (κ1) is 18.5. The molecule has 3 aromatic heterocycles. The Hall–Kier alpha value is -3.25. The number of H-pyrrole nitrogens is 1. The van der Waals surface area contributed by atoms with Crippen LogP contribution < -0.4 is 15.4 Å². The summed E-state index contributed by atoms with van der Waals surface area (Å²) in [5.74, 6) is 2.48. The van der Waals surface area contributed by atoms with E-state index >= 15 is 0 Å². The van der Waals surface area contributed by atoms with Gasteiger partial charge in [0.2, 0.25) is 5.69 Å². The van der Waals surface area contributed by atoms with E-state index in [-0.39, 0.29) is 0 Å². The third kappa shape index (κ3) is 5.12. The number of anilines is 3. The molecule has 3 heterocycles. The molecule has 0 amide bonds. The largest absolute Gasteiger partial charge is 0.490 e. The van der Waals surface area contributed by atoms with Crippen LogP contribution in [0.5, 0.6) is 5.75 Å². The summed E-state index contributed by atoms with van der Waals surface area (Å²) < 4.78 is 5.63. The zero-order valence-electron chi connectivity index (χ0n) is 15.0. The molecule has 0 spiro atoms. The number of aromatic amines is 1. The minimum atomic E-state index is 0.429. The first-order chi connectivity index (χ1) is 13.2. The Kier molecular flexibility index (Phi) is 6.12. The fourth-order valence-corrected chi connectivity index (χ4v) is 2.59. The van der Waals surface area contributed by atoms with Crippen molar-refractivity contribution in [2.75, 3.05) is 30.0 Å². The maximum absolute atomic E-state index is 7.30. The summed E-state index contributed by atoms with van der Waals surface area (Å²) in [5, 5.41) is 14.3. The second kappa shape index (κ2) is 8.91. The van der Waals surface area contributed by atoms with E-state index in [4.69, 9.17) is 11.3 Å². The van der Waals surface area contributed by atoms with Crippen molar-refractivity contribution in [2.45, 2.75) is 11.9 Å². The van der Waals surface area contributed by atoms with Gasteiger partial charge < -0.3 is 15.4 Å². The molecule has 0 saturated heterocycles. The lowest BCUT2D eigenvalue weighted by molar-refractivity contribution is 0.331. The maximum atomic E-state index is 7.30. The van der Waals surface area contributed by atoms with Crippen LogP contribution in [-0.2, 0) is 0 Å². The van der Waals surface area contributed by atoms with Gasteiger partial charge in [-0.2, -0.15) is 5.10 Å². The van der Waals surface area contributed by atoms with Gasteiger partial charge in [-0.25, -0.2) is 9.83 Å². The first-order valence-electron chi connectivity index (χ1n) is 8.22. The smallest absolute Gasteiger partial charge is 0.228 e. The van der Waals surface area contributed by atoms with Crippen LogP contribution in [0.3, 0.4) is 0 Å². The predicted molar refractivity (Wildman–Crippen MR) is 107 cm³/mol. The Bertz CT molecular complexity index is 934. The highest BCUT2D eigenvalue weighted by Crippen LogP contribution is 2.26. The Balaban J connectivity index is 1.59. The number of thioether (sulfide) groups is 1. The lowest BCUT2D eigenvalue weighted by atomic mass is 10.3.